The monoisotopic (exact) mass is 253 g/mol. The minimum Gasteiger partial charge on any atom is -0.385 e. The van der Waals surface area contributed by atoms with Crippen LogP contribution >= 0.6 is 13.5 Å². The zero-order chi connectivity index (χ0) is 12.2. The number of pyridine rings is 1. The van der Waals surface area contributed by atoms with E-state index in [1.54, 1.807) is 12.1 Å². The standard InChI is InChI=1S/C12H17N3O.H2S/c1-12(2,3)15-8-11(16)10-5-4-9(6-13)7-14-10;/h4-5,7,11,15-16H,8H2,1-3H3;1H2/t11-;/m0./s1. The largest absolute Gasteiger partial charge is 0.385 e. The summed E-state index contributed by atoms with van der Waals surface area (Å²) in [5.41, 5.74) is 1.04. The Labute approximate surface area is 109 Å². The van der Waals surface area contributed by atoms with Crippen molar-refractivity contribution in [2.24, 2.45) is 0 Å². The lowest BCUT2D eigenvalue weighted by Gasteiger charge is -2.22. The Balaban J connectivity index is 0.00000256. The Morgan fingerprint density at radius 3 is 2.53 bits per heavy atom. The second-order valence-corrected chi connectivity index (χ2v) is 4.73. The van der Waals surface area contributed by atoms with Crippen LogP contribution < -0.4 is 5.32 Å². The summed E-state index contributed by atoms with van der Waals surface area (Å²) in [6.45, 7) is 6.55. The van der Waals surface area contributed by atoms with Crippen molar-refractivity contribution in [3.63, 3.8) is 0 Å². The number of hydrogen-bond acceptors (Lipinski definition) is 4. The molecule has 5 heteroatoms. The molecular weight excluding hydrogens is 234 g/mol. The maximum absolute atomic E-state index is 9.84. The summed E-state index contributed by atoms with van der Waals surface area (Å²) in [5, 5.41) is 21.6. The molecule has 0 aliphatic heterocycles. The summed E-state index contributed by atoms with van der Waals surface area (Å²) in [6.07, 6.45) is 0.822. The highest BCUT2D eigenvalue weighted by Gasteiger charge is 2.14. The third-order valence-electron chi connectivity index (χ3n) is 2.08. The first-order valence-corrected chi connectivity index (χ1v) is 5.21. The highest BCUT2D eigenvalue weighted by Crippen LogP contribution is 2.10. The van der Waals surface area contributed by atoms with Gasteiger partial charge in [-0.05, 0) is 32.9 Å². The Hall–Kier alpha value is -1.09. The van der Waals surface area contributed by atoms with Crippen molar-refractivity contribution in [2.75, 3.05) is 6.54 Å². The van der Waals surface area contributed by atoms with Gasteiger partial charge in [0.05, 0.1) is 11.3 Å². The Kier molecular flexibility index (Phi) is 6.18. The number of rotatable bonds is 3. The summed E-state index contributed by atoms with van der Waals surface area (Å²) < 4.78 is 0. The van der Waals surface area contributed by atoms with Crippen molar-refractivity contribution < 1.29 is 5.11 Å². The van der Waals surface area contributed by atoms with Gasteiger partial charge in [-0.15, -0.1) is 0 Å². The van der Waals surface area contributed by atoms with Gasteiger partial charge in [-0.25, -0.2) is 0 Å². The number of nitriles is 1. The van der Waals surface area contributed by atoms with Gasteiger partial charge >= 0.3 is 0 Å². The van der Waals surface area contributed by atoms with Crippen LogP contribution in [0.5, 0.6) is 0 Å². The third kappa shape index (κ3) is 5.68. The van der Waals surface area contributed by atoms with Crippen LogP contribution in [0.1, 0.15) is 38.1 Å². The molecule has 0 radical (unpaired) electrons. The third-order valence-corrected chi connectivity index (χ3v) is 2.08. The van der Waals surface area contributed by atoms with Gasteiger partial charge in [-0.2, -0.15) is 18.8 Å². The fourth-order valence-corrected chi connectivity index (χ4v) is 1.18. The summed E-state index contributed by atoms with van der Waals surface area (Å²) in [6, 6.07) is 5.32. The van der Waals surface area contributed by atoms with Gasteiger partial charge in [-0.3, -0.25) is 4.98 Å². The number of aliphatic hydroxyl groups excluding tert-OH is 1. The molecule has 0 fully saturated rings. The van der Waals surface area contributed by atoms with Crippen LogP contribution in [-0.4, -0.2) is 22.2 Å². The summed E-state index contributed by atoms with van der Waals surface area (Å²) in [7, 11) is 0. The van der Waals surface area contributed by atoms with E-state index in [0.29, 0.717) is 17.8 Å². The van der Waals surface area contributed by atoms with E-state index < -0.39 is 6.10 Å². The van der Waals surface area contributed by atoms with Crippen molar-refractivity contribution in [2.45, 2.75) is 32.4 Å². The van der Waals surface area contributed by atoms with Crippen LogP contribution in [0, 0.1) is 11.3 Å². The molecule has 0 saturated heterocycles. The SMILES string of the molecule is CC(C)(C)NC[C@H](O)c1ccc(C#N)cn1.S. The molecule has 1 atom stereocenters. The Morgan fingerprint density at radius 1 is 1.47 bits per heavy atom. The van der Waals surface area contributed by atoms with Crippen LogP contribution in [0.3, 0.4) is 0 Å². The first-order valence-electron chi connectivity index (χ1n) is 5.21. The fourth-order valence-electron chi connectivity index (χ4n) is 1.18. The molecule has 0 aromatic carbocycles. The average Bonchev–Trinajstić information content (AvgIpc) is 2.25. The maximum atomic E-state index is 9.84. The molecular formula is C12H19N3OS. The first kappa shape index (κ1) is 15.9. The predicted molar refractivity (Wildman–Crippen MR) is 72.0 cm³/mol. The molecule has 4 nitrogen and oxygen atoms in total. The van der Waals surface area contributed by atoms with E-state index in [-0.39, 0.29) is 19.0 Å². The maximum Gasteiger partial charge on any atom is 0.108 e. The minimum atomic E-state index is -0.646. The number of hydrogen-bond donors (Lipinski definition) is 2. The van der Waals surface area contributed by atoms with Crippen molar-refractivity contribution in [1.29, 1.82) is 5.26 Å². The van der Waals surface area contributed by atoms with Crippen LogP contribution in [0.25, 0.3) is 0 Å². The summed E-state index contributed by atoms with van der Waals surface area (Å²) in [5.74, 6) is 0. The molecule has 17 heavy (non-hydrogen) atoms. The fraction of sp³-hybridized carbons (Fsp3) is 0.500. The van der Waals surface area contributed by atoms with Crippen LogP contribution in [0.15, 0.2) is 18.3 Å². The van der Waals surface area contributed by atoms with Gasteiger partial charge in [0.2, 0.25) is 0 Å². The van der Waals surface area contributed by atoms with Crippen LogP contribution in [0.2, 0.25) is 0 Å². The highest BCUT2D eigenvalue weighted by molar-refractivity contribution is 7.59. The van der Waals surface area contributed by atoms with Gasteiger partial charge < -0.3 is 10.4 Å². The molecule has 1 heterocycles. The molecule has 0 unspecified atom stereocenters. The number of nitrogens with one attached hydrogen (secondary N) is 1. The zero-order valence-corrected chi connectivity index (χ0v) is 11.4. The number of nitrogens with zero attached hydrogens (tertiary/aromatic N) is 2. The van der Waals surface area contributed by atoms with E-state index >= 15 is 0 Å². The van der Waals surface area contributed by atoms with Gasteiger partial charge in [0, 0.05) is 18.3 Å². The lowest BCUT2D eigenvalue weighted by Crippen LogP contribution is -2.38. The van der Waals surface area contributed by atoms with Crippen molar-refractivity contribution in [3.05, 3.63) is 29.6 Å². The molecule has 1 aromatic heterocycles. The second kappa shape index (κ2) is 6.60. The molecule has 1 rings (SSSR count). The van der Waals surface area contributed by atoms with E-state index in [1.807, 2.05) is 26.8 Å². The second-order valence-electron chi connectivity index (χ2n) is 4.73. The Bertz CT molecular complexity index is 378. The zero-order valence-electron chi connectivity index (χ0n) is 10.4. The molecule has 1 aromatic rings. The van der Waals surface area contributed by atoms with Crippen molar-refractivity contribution in [1.82, 2.24) is 10.3 Å². The van der Waals surface area contributed by atoms with E-state index in [9.17, 15) is 5.11 Å². The number of aromatic nitrogens is 1. The number of aliphatic hydroxyl groups is 1. The first-order chi connectivity index (χ1) is 7.42. The normalized spacial score (nSPS) is 12.4. The molecule has 94 valence electrons. The molecule has 0 aliphatic carbocycles. The van der Waals surface area contributed by atoms with Crippen molar-refractivity contribution in [3.8, 4) is 6.07 Å². The topological polar surface area (TPSA) is 68.9 Å². The number of β-amino-alcohol motifs (C(OH)–C–C–N with tert-alkyl or cyclic N) is 1. The molecule has 0 saturated carbocycles. The molecule has 2 N–H and O–H groups in total. The molecule has 0 amide bonds. The lowest BCUT2D eigenvalue weighted by molar-refractivity contribution is 0.159. The molecule has 0 bridgehead atoms. The van der Waals surface area contributed by atoms with Crippen molar-refractivity contribution >= 4 is 13.5 Å². The minimum absolute atomic E-state index is 0. The smallest absolute Gasteiger partial charge is 0.108 e. The quantitative estimate of drug-likeness (QED) is 0.856. The average molecular weight is 253 g/mol. The summed E-state index contributed by atoms with van der Waals surface area (Å²) >= 11 is 0. The Morgan fingerprint density at radius 2 is 2.12 bits per heavy atom. The van der Waals surface area contributed by atoms with E-state index in [0.717, 1.165) is 0 Å². The van der Waals surface area contributed by atoms with Gasteiger partial charge in [0.1, 0.15) is 12.2 Å². The van der Waals surface area contributed by atoms with Gasteiger partial charge in [0.15, 0.2) is 0 Å². The summed E-state index contributed by atoms with van der Waals surface area (Å²) in [4.78, 5) is 4.04. The van der Waals surface area contributed by atoms with Crippen LogP contribution in [0.4, 0.5) is 0 Å². The van der Waals surface area contributed by atoms with Gasteiger partial charge in [0.25, 0.3) is 0 Å². The highest BCUT2D eigenvalue weighted by atomic mass is 32.1. The van der Waals surface area contributed by atoms with E-state index in [2.05, 4.69) is 10.3 Å². The van der Waals surface area contributed by atoms with Gasteiger partial charge in [-0.1, -0.05) is 0 Å². The van der Waals surface area contributed by atoms with Crippen LogP contribution in [-0.2, 0) is 0 Å². The molecule has 0 spiro atoms. The molecule has 0 aliphatic rings. The lowest BCUT2D eigenvalue weighted by atomic mass is 10.1. The van der Waals surface area contributed by atoms with E-state index in [4.69, 9.17) is 5.26 Å². The van der Waals surface area contributed by atoms with E-state index in [1.165, 1.54) is 6.20 Å². The predicted octanol–water partition coefficient (Wildman–Crippen LogP) is 1.49.